The summed E-state index contributed by atoms with van der Waals surface area (Å²) in [4.78, 5) is 0. The summed E-state index contributed by atoms with van der Waals surface area (Å²) >= 11 is 0. The molecule has 0 fully saturated rings. The lowest BCUT2D eigenvalue weighted by Gasteiger charge is -2.36. The molecular weight excluding hydrogens is 648 g/mol. The number of fused-ring (bicyclic) bond motifs is 4. The van der Waals surface area contributed by atoms with Crippen molar-refractivity contribution in [3.63, 3.8) is 0 Å². The van der Waals surface area contributed by atoms with E-state index in [-0.39, 0.29) is 51.7 Å². The van der Waals surface area contributed by atoms with Gasteiger partial charge in [0, 0.05) is 70.4 Å². The monoisotopic (exact) mass is 680 g/mol. The number of aromatic hydroxyl groups is 9. The summed E-state index contributed by atoms with van der Waals surface area (Å²) in [5.41, 5.74) is 5.99. The Morgan fingerprint density at radius 1 is 0.275 bits per heavy atom. The van der Waals surface area contributed by atoms with E-state index in [1.54, 1.807) is 66.7 Å². The summed E-state index contributed by atoms with van der Waals surface area (Å²) in [6.45, 7) is 0. The minimum Gasteiger partial charge on any atom is -0.508 e. The summed E-state index contributed by atoms with van der Waals surface area (Å²) in [5.74, 6) is -5.11. The van der Waals surface area contributed by atoms with E-state index in [0.29, 0.717) is 38.9 Å². The molecule has 0 aromatic heterocycles. The third-order valence-electron chi connectivity index (χ3n) is 11.2. The molecule has 9 N–H and O–H groups in total. The van der Waals surface area contributed by atoms with Gasteiger partial charge in [0.05, 0.1) is 0 Å². The van der Waals surface area contributed by atoms with E-state index in [1.807, 2.05) is 6.07 Å². The van der Waals surface area contributed by atoms with Crippen LogP contribution < -0.4 is 0 Å². The zero-order chi connectivity index (χ0) is 35.5. The Bertz CT molecular complexity index is 2380. The SMILES string of the molecule is Oc1ccc([C@@H]2c3cc(O)ccc3[C@@H]3c4c(O)cc(O)cc4[C@@H]2c2c(O)cc(O)c4c2[C@@H]3[C@H](c2ccc(O)cc2)[C@@H]4c2cc(O)cc(O)c2)cc1. The van der Waals surface area contributed by atoms with Crippen LogP contribution in [-0.4, -0.2) is 46.0 Å². The summed E-state index contributed by atoms with van der Waals surface area (Å²) in [6.07, 6.45) is 0. The molecule has 0 heterocycles. The zero-order valence-electron chi connectivity index (χ0n) is 26.8. The zero-order valence-corrected chi connectivity index (χ0v) is 26.8. The van der Waals surface area contributed by atoms with Crippen LogP contribution in [0.25, 0.3) is 0 Å². The predicted octanol–water partition coefficient (Wildman–Crippen LogP) is 7.47. The van der Waals surface area contributed by atoms with Gasteiger partial charge in [0.2, 0.25) is 0 Å². The van der Waals surface area contributed by atoms with Crippen molar-refractivity contribution >= 4 is 0 Å². The van der Waals surface area contributed by atoms with Crippen LogP contribution >= 0.6 is 0 Å². The Kier molecular flexibility index (Phi) is 6.45. The molecule has 0 radical (unpaired) electrons. The van der Waals surface area contributed by atoms with Crippen molar-refractivity contribution in [1.82, 2.24) is 0 Å². The highest BCUT2D eigenvalue weighted by Crippen LogP contribution is 2.71. The van der Waals surface area contributed by atoms with Crippen LogP contribution in [0.15, 0.2) is 103 Å². The van der Waals surface area contributed by atoms with Crippen molar-refractivity contribution in [1.29, 1.82) is 0 Å². The van der Waals surface area contributed by atoms with Gasteiger partial charge in [0.15, 0.2) is 0 Å². The largest absolute Gasteiger partial charge is 0.508 e. The second-order valence-electron chi connectivity index (χ2n) is 13.9. The quantitative estimate of drug-likeness (QED) is 0.0916. The number of phenols is 9. The Morgan fingerprint density at radius 2 is 0.804 bits per heavy atom. The molecule has 0 saturated heterocycles. The molecule has 0 spiro atoms. The van der Waals surface area contributed by atoms with Crippen molar-refractivity contribution in [2.75, 3.05) is 0 Å². The van der Waals surface area contributed by atoms with E-state index in [2.05, 4.69) is 0 Å². The third kappa shape index (κ3) is 4.40. The van der Waals surface area contributed by atoms with Crippen LogP contribution in [0.3, 0.4) is 0 Å². The number of phenolic OH excluding ortho intramolecular Hbond substituents is 9. The lowest BCUT2D eigenvalue weighted by molar-refractivity contribution is 0.427. The average Bonchev–Trinajstić information content (AvgIpc) is 3.29. The first-order valence-electron chi connectivity index (χ1n) is 16.6. The molecule has 6 aromatic carbocycles. The molecule has 9 heteroatoms. The van der Waals surface area contributed by atoms with E-state index in [4.69, 9.17) is 0 Å². The minimum absolute atomic E-state index is 0.000846. The molecule has 254 valence electrons. The molecular formula is C42H32O9. The molecule has 3 aliphatic carbocycles. The molecule has 2 bridgehead atoms. The van der Waals surface area contributed by atoms with Crippen LogP contribution in [0.5, 0.6) is 51.7 Å². The highest BCUT2D eigenvalue weighted by molar-refractivity contribution is 5.74. The Morgan fingerprint density at radius 3 is 1.45 bits per heavy atom. The molecule has 3 aliphatic rings. The van der Waals surface area contributed by atoms with Gasteiger partial charge in [0.1, 0.15) is 51.7 Å². The van der Waals surface area contributed by atoms with Crippen molar-refractivity contribution in [3.8, 4) is 51.7 Å². The van der Waals surface area contributed by atoms with Gasteiger partial charge in [-0.25, -0.2) is 0 Å². The predicted molar refractivity (Wildman–Crippen MR) is 186 cm³/mol. The lowest BCUT2D eigenvalue weighted by Crippen LogP contribution is -2.22. The van der Waals surface area contributed by atoms with Crippen LogP contribution in [-0.2, 0) is 0 Å². The lowest BCUT2D eigenvalue weighted by atomic mass is 9.66. The Labute approximate surface area is 291 Å². The van der Waals surface area contributed by atoms with E-state index in [1.165, 1.54) is 30.3 Å². The van der Waals surface area contributed by atoms with E-state index in [9.17, 15) is 46.0 Å². The molecule has 6 atom stereocenters. The van der Waals surface area contributed by atoms with Crippen LogP contribution in [0.2, 0.25) is 0 Å². The fourth-order valence-electron chi connectivity index (χ4n) is 9.55. The molecule has 0 unspecified atom stereocenters. The summed E-state index contributed by atoms with van der Waals surface area (Å²) < 4.78 is 0. The van der Waals surface area contributed by atoms with Crippen molar-refractivity contribution in [2.45, 2.75) is 35.5 Å². The molecule has 0 amide bonds. The van der Waals surface area contributed by atoms with Crippen LogP contribution in [0.1, 0.15) is 91.1 Å². The van der Waals surface area contributed by atoms with Gasteiger partial charge in [-0.2, -0.15) is 0 Å². The van der Waals surface area contributed by atoms with Gasteiger partial charge >= 0.3 is 0 Å². The normalized spacial score (nSPS) is 22.4. The van der Waals surface area contributed by atoms with Crippen LogP contribution in [0, 0.1) is 0 Å². The maximum absolute atomic E-state index is 12.1. The van der Waals surface area contributed by atoms with Gasteiger partial charge in [0.25, 0.3) is 0 Å². The number of hydrogen-bond donors (Lipinski definition) is 9. The van der Waals surface area contributed by atoms with E-state index >= 15 is 0 Å². The van der Waals surface area contributed by atoms with E-state index < -0.39 is 35.5 Å². The van der Waals surface area contributed by atoms with E-state index in [0.717, 1.165) is 16.7 Å². The maximum atomic E-state index is 12.1. The topological polar surface area (TPSA) is 182 Å². The molecule has 9 nitrogen and oxygen atoms in total. The number of rotatable bonds is 3. The maximum Gasteiger partial charge on any atom is 0.123 e. The molecule has 51 heavy (non-hydrogen) atoms. The first-order valence-corrected chi connectivity index (χ1v) is 16.6. The standard InChI is InChI=1S/C42H32O9/c43-21-5-1-18(2-6-21)33-28-14-23(45)9-10-27(28)37-36-29(15-26(48)16-30(36)49)38(33)40-32(51)17-31(50)39-35(20-11-24(46)13-25(47)12-20)34(41(37)42(39)40)19-3-7-22(44)8-4-19/h1-17,33-35,37-38,41,43-51H/t33-,34-,35+,37-,38+,41-/m1/s1. The fourth-order valence-corrected chi connectivity index (χ4v) is 9.55. The van der Waals surface area contributed by atoms with Crippen molar-refractivity contribution < 1.29 is 46.0 Å². The number of benzene rings is 6. The summed E-state index contributed by atoms with van der Waals surface area (Å²) in [6, 6.07) is 26.8. The third-order valence-corrected chi connectivity index (χ3v) is 11.2. The fraction of sp³-hybridized carbons (Fsp3) is 0.143. The van der Waals surface area contributed by atoms with Gasteiger partial charge < -0.3 is 46.0 Å². The highest BCUT2D eigenvalue weighted by Gasteiger charge is 2.56. The highest BCUT2D eigenvalue weighted by atomic mass is 16.3. The molecule has 6 aromatic rings. The first-order chi connectivity index (χ1) is 24.5. The van der Waals surface area contributed by atoms with Crippen molar-refractivity contribution in [3.05, 3.63) is 159 Å². The summed E-state index contributed by atoms with van der Waals surface area (Å²) in [5, 5.41) is 100.0. The number of hydrogen-bond acceptors (Lipinski definition) is 9. The molecule has 9 rings (SSSR count). The van der Waals surface area contributed by atoms with Gasteiger partial charge in [-0.3, -0.25) is 0 Å². The first kappa shape index (κ1) is 30.6. The second-order valence-corrected chi connectivity index (χ2v) is 13.9. The van der Waals surface area contributed by atoms with Gasteiger partial charge in [-0.1, -0.05) is 30.3 Å². The van der Waals surface area contributed by atoms with Gasteiger partial charge in [-0.15, -0.1) is 0 Å². The Balaban J connectivity index is 1.48. The smallest absolute Gasteiger partial charge is 0.123 e. The van der Waals surface area contributed by atoms with Gasteiger partial charge in [-0.05, 0) is 93.5 Å². The van der Waals surface area contributed by atoms with Crippen molar-refractivity contribution in [2.24, 2.45) is 0 Å². The second kappa shape index (κ2) is 10.8. The molecule has 0 saturated carbocycles. The minimum atomic E-state index is -0.802. The average molecular weight is 681 g/mol. The molecule has 0 aliphatic heterocycles. The van der Waals surface area contributed by atoms with Crippen LogP contribution in [0.4, 0.5) is 0 Å². The Hall–Kier alpha value is -6.48. The summed E-state index contributed by atoms with van der Waals surface area (Å²) in [7, 11) is 0.